The summed E-state index contributed by atoms with van der Waals surface area (Å²) in [5.74, 6) is 0. The molecule has 1 aromatic rings. The van der Waals surface area contributed by atoms with Gasteiger partial charge in [0.15, 0.2) is 0 Å². The molecular weight excluding hydrogens is 184 g/mol. The fraction of sp³-hybridized carbons (Fsp3) is 0.571. The lowest BCUT2D eigenvalue weighted by atomic mass is 9.86. The fourth-order valence-corrected chi connectivity index (χ4v) is 3.13. The van der Waals surface area contributed by atoms with Gasteiger partial charge in [0.25, 0.3) is 0 Å². The lowest BCUT2D eigenvalue weighted by Crippen LogP contribution is -2.23. The zero-order valence-electron chi connectivity index (χ0n) is 9.29. The first-order chi connectivity index (χ1) is 7.24. The van der Waals surface area contributed by atoms with Gasteiger partial charge in [-0.25, -0.2) is 0 Å². The van der Waals surface area contributed by atoms with Crippen molar-refractivity contribution in [3.63, 3.8) is 0 Å². The molecule has 0 aromatic heterocycles. The third-order valence-electron chi connectivity index (χ3n) is 4.27. The number of aryl methyl sites for hydroxylation is 1. The van der Waals surface area contributed by atoms with Gasteiger partial charge in [-0.15, -0.1) is 0 Å². The molecule has 0 saturated heterocycles. The molecule has 0 amide bonds. The first-order valence-electron chi connectivity index (χ1n) is 6.03. The second-order valence-electron chi connectivity index (χ2n) is 5.13. The van der Waals surface area contributed by atoms with Crippen LogP contribution in [-0.2, 0) is 18.3 Å². The van der Waals surface area contributed by atoms with E-state index in [1.807, 2.05) is 6.92 Å². The molecule has 1 atom stereocenters. The summed E-state index contributed by atoms with van der Waals surface area (Å²) >= 11 is 0. The molecule has 1 N–H and O–H groups in total. The van der Waals surface area contributed by atoms with Crippen molar-refractivity contribution in [1.82, 2.24) is 0 Å². The molecular formula is C14H18O. The van der Waals surface area contributed by atoms with Crippen LogP contribution in [0.15, 0.2) is 18.2 Å². The number of rotatable bonds is 2. The standard InChI is InChI=1S/C14H18O/c1-10(15)14(8-9-14)13-7-3-5-11-4-2-6-12(11)13/h3,5,7,10,15H,2,4,6,8-9H2,1H3. The number of benzene rings is 1. The van der Waals surface area contributed by atoms with Gasteiger partial charge in [0, 0.05) is 5.41 Å². The average molecular weight is 202 g/mol. The SMILES string of the molecule is CC(O)C1(c2cccc3c2CCC3)CC1. The second kappa shape index (κ2) is 3.08. The molecule has 0 radical (unpaired) electrons. The first-order valence-corrected chi connectivity index (χ1v) is 6.03. The third-order valence-corrected chi connectivity index (χ3v) is 4.27. The highest BCUT2D eigenvalue weighted by Gasteiger charge is 2.49. The number of fused-ring (bicyclic) bond motifs is 1. The van der Waals surface area contributed by atoms with E-state index in [1.165, 1.54) is 43.2 Å². The van der Waals surface area contributed by atoms with Crippen LogP contribution in [0, 0.1) is 0 Å². The first kappa shape index (κ1) is 9.41. The topological polar surface area (TPSA) is 20.2 Å². The van der Waals surface area contributed by atoms with E-state index in [-0.39, 0.29) is 11.5 Å². The van der Waals surface area contributed by atoms with Gasteiger partial charge in [0.1, 0.15) is 0 Å². The quantitative estimate of drug-likeness (QED) is 0.781. The van der Waals surface area contributed by atoms with E-state index in [1.54, 1.807) is 5.56 Å². The molecule has 1 fully saturated rings. The Morgan fingerprint density at radius 1 is 1.27 bits per heavy atom. The van der Waals surface area contributed by atoms with Crippen LogP contribution >= 0.6 is 0 Å². The highest BCUT2D eigenvalue weighted by atomic mass is 16.3. The van der Waals surface area contributed by atoms with Crippen LogP contribution in [0.25, 0.3) is 0 Å². The van der Waals surface area contributed by atoms with Gasteiger partial charge < -0.3 is 5.11 Å². The predicted molar refractivity (Wildman–Crippen MR) is 61.1 cm³/mol. The second-order valence-corrected chi connectivity index (χ2v) is 5.13. The number of hydrogen-bond donors (Lipinski definition) is 1. The molecule has 80 valence electrons. The summed E-state index contributed by atoms with van der Waals surface area (Å²) in [5, 5.41) is 9.93. The fourth-order valence-electron chi connectivity index (χ4n) is 3.13. The summed E-state index contributed by atoms with van der Waals surface area (Å²) in [5.41, 5.74) is 4.65. The van der Waals surface area contributed by atoms with Crippen molar-refractivity contribution in [2.24, 2.45) is 0 Å². The molecule has 0 heterocycles. The normalized spacial score (nSPS) is 23.6. The maximum absolute atomic E-state index is 9.93. The molecule has 1 unspecified atom stereocenters. The maximum Gasteiger partial charge on any atom is 0.0608 e. The van der Waals surface area contributed by atoms with Crippen molar-refractivity contribution >= 4 is 0 Å². The molecule has 15 heavy (non-hydrogen) atoms. The zero-order valence-corrected chi connectivity index (χ0v) is 9.29. The molecule has 0 bridgehead atoms. The molecule has 1 aromatic carbocycles. The lowest BCUT2D eigenvalue weighted by Gasteiger charge is -2.22. The van der Waals surface area contributed by atoms with Gasteiger partial charge in [-0.2, -0.15) is 0 Å². The Balaban J connectivity index is 2.10. The van der Waals surface area contributed by atoms with Gasteiger partial charge in [0.2, 0.25) is 0 Å². The summed E-state index contributed by atoms with van der Waals surface area (Å²) < 4.78 is 0. The largest absolute Gasteiger partial charge is 0.392 e. The highest BCUT2D eigenvalue weighted by molar-refractivity contribution is 5.46. The van der Waals surface area contributed by atoms with Gasteiger partial charge in [-0.05, 0) is 55.7 Å². The van der Waals surface area contributed by atoms with Crippen LogP contribution in [-0.4, -0.2) is 11.2 Å². The van der Waals surface area contributed by atoms with Gasteiger partial charge in [-0.3, -0.25) is 0 Å². The summed E-state index contributed by atoms with van der Waals surface area (Å²) in [4.78, 5) is 0. The van der Waals surface area contributed by atoms with E-state index in [4.69, 9.17) is 0 Å². The van der Waals surface area contributed by atoms with Crippen molar-refractivity contribution in [3.05, 3.63) is 34.9 Å². The van der Waals surface area contributed by atoms with Crippen LogP contribution < -0.4 is 0 Å². The number of aliphatic hydroxyl groups is 1. The van der Waals surface area contributed by atoms with Crippen molar-refractivity contribution in [2.75, 3.05) is 0 Å². The minimum absolute atomic E-state index is 0.121. The Bertz CT molecular complexity index is 388. The summed E-state index contributed by atoms with van der Waals surface area (Å²) in [7, 11) is 0. The van der Waals surface area contributed by atoms with Crippen LogP contribution in [0.2, 0.25) is 0 Å². The van der Waals surface area contributed by atoms with Crippen molar-refractivity contribution in [1.29, 1.82) is 0 Å². The smallest absolute Gasteiger partial charge is 0.0608 e. The molecule has 1 nitrogen and oxygen atoms in total. The van der Waals surface area contributed by atoms with Crippen molar-refractivity contribution in [2.45, 2.75) is 50.5 Å². The Kier molecular flexibility index (Phi) is 1.93. The van der Waals surface area contributed by atoms with E-state index in [0.717, 1.165) is 0 Å². The molecule has 1 saturated carbocycles. The Labute approximate surface area is 91.1 Å². The molecule has 2 aliphatic carbocycles. The monoisotopic (exact) mass is 202 g/mol. The number of aliphatic hydroxyl groups excluding tert-OH is 1. The predicted octanol–water partition coefficient (Wildman–Crippen LogP) is 2.59. The van der Waals surface area contributed by atoms with Crippen LogP contribution in [0.4, 0.5) is 0 Å². The minimum atomic E-state index is -0.190. The highest BCUT2D eigenvalue weighted by Crippen LogP contribution is 2.53. The Hall–Kier alpha value is -0.820. The Morgan fingerprint density at radius 3 is 2.73 bits per heavy atom. The van der Waals surface area contributed by atoms with E-state index in [2.05, 4.69) is 18.2 Å². The summed E-state index contributed by atoms with van der Waals surface area (Å²) in [6, 6.07) is 6.66. The summed E-state index contributed by atoms with van der Waals surface area (Å²) in [6.45, 7) is 1.95. The maximum atomic E-state index is 9.93. The minimum Gasteiger partial charge on any atom is -0.392 e. The van der Waals surface area contributed by atoms with Gasteiger partial charge >= 0.3 is 0 Å². The van der Waals surface area contributed by atoms with Crippen molar-refractivity contribution in [3.8, 4) is 0 Å². The van der Waals surface area contributed by atoms with Crippen LogP contribution in [0.3, 0.4) is 0 Å². The van der Waals surface area contributed by atoms with E-state index >= 15 is 0 Å². The van der Waals surface area contributed by atoms with Crippen LogP contribution in [0.5, 0.6) is 0 Å². The van der Waals surface area contributed by atoms with Crippen LogP contribution in [0.1, 0.15) is 42.9 Å². The van der Waals surface area contributed by atoms with Gasteiger partial charge in [0.05, 0.1) is 6.10 Å². The molecule has 2 aliphatic rings. The molecule has 0 spiro atoms. The molecule has 0 aliphatic heterocycles. The average Bonchev–Trinajstić information content (AvgIpc) is 2.89. The van der Waals surface area contributed by atoms with E-state index < -0.39 is 0 Å². The third kappa shape index (κ3) is 1.26. The lowest BCUT2D eigenvalue weighted by molar-refractivity contribution is 0.150. The number of hydrogen-bond acceptors (Lipinski definition) is 1. The zero-order chi connectivity index (χ0) is 10.5. The van der Waals surface area contributed by atoms with E-state index in [0.29, 0.717) is 0 Å². The van der Waals surface area contributed by atoms with Gasteiger partial charge in [-0.1, -0.05) is 18.2 Å². The molecule has 1 heteroatoms. The van der Waals surface area contributed by atoms with E-state index in [9.17, 15) is 5.11 Å². The van der Waals surface area contributed by atoms with Crippen molar-refractivity contribution < 1.29 is 5.11 Å². The summed E-state index contributed by atoms with van der Waals surface area (Å²) in [6.07, 6.45) is 5.90. The molecule has 3 rings (SSSR count). The Morgan fingerprint density at radius 2 is 2.07 bits per heavy atom.